The lowest BCUT2D eigenvalue weighted by Gasteiger charge is -2.06. The Morgan fingerprint density at radius 3 is 2.10 bits per heavy atom. The molecule has 214 valence electrons. The van der Waals surface area contributed by atoms with E-state index in [4.69, 9.17) is 19.2 Å². The topological polar surface area (TPSA) is 137 Å². The first-order valence-electron chi connectivity index (χ1n) is 12.9. The monoisotopic (exact) mass is 568 g/mol. The third kappa shape index (κ3) is 8.39. The van der Waals surface area contributed by atoms with Crippen molar-refractivity contribution in [3.8, 4) is 23.0 Å². The van der Waals surface area contributed by atoms with E-state index in [0.717, 1.165) is 11.1 Å². The molecular weight excluding hydrogens is 540 g/mol. The minimum atomic E-state index is -0.556. The fraction of sp³-hybridized carbons (Fsp3) is 0.129. The molecule has 0 radical (unpaired) electrons. The van der Waals surface area contributed by atoms with E-state index >= 15 is 0 Å². The smallest absolute Gasteiger partial charge is 0.315 e. The Balaban J connectivity index is 1.34. The van der Waals surface area contributed by atoms with E-state index in [0.29, 0.717) is 34.8 Å². The maximum absolute atomic E-state index is 11.6. The SMILES string of the molecule is CCOc1cc(/C=N/Oc2ccc(/C=N/Oc3ccc(/C=N/OCc4ccccc4)cc3[N+](=O)[O-])cc2C)ccc1O. The van der Waals surface area contributed by atoms with Crippen LogP contribution < -0.4 is 14.4 Å². The first-order chi connectivity index (χ1) is 20.4. The van der Waals surface area contributed by atoms with E-state index in [1.54, 1.807) is 36.4 Å². The van der Waals surface area contributed by atoms with Crippen LogP contribution in [-0.2, 0) is 11.4 Å². The normalized spacial score (nSPS) is 11.3. The summed E-state index contributed by atoms with van der Waals surface area (Å²) >= 11 is 0. The number of hydrogen-bond acceptors (Lipinski definition) is 10. The minimum Gasteiger partial charge on any atom is -0.504 e. The third-order valence-electron chi connectivity index (χ3n) is 5.72. The Labute approximate surface area is 242 Å². The van der Waals surface area contributed by atoms with Crippen LogP contribution in [0.15, 0.2) is 100 Å². The zero-order valence-corrected chi connectivity index (χ0v) is 22.9. The summed E-state index contributed by atoms with van der Waals surface area (Å²) in [4.78, 5) is 27.1. The van der Waals surface area contributed by atoms with Crippen LogP contribution in [-0.4, -0.2) is 35.3 Å². The molecule has 4 rings (SSSR count). The van der Waals surface area contributed by atoms with E-state index in [-0.39, 0.29) is 23.8 Å². The van der Waals surface area contributed by atoms with Gasteiger partial charge in [0.2, 0.25) is 5.75 Å². The molecule has 0 aliphatic rings. The molecule has 0 heterocycles. The van der Waals surface area contributed by atoms with Gasteiger partial charge in [0.1, 0.15) is 6.61 Å². The van der Waals surface area contributed by atoms with Gasteiger partial charge in [-0.2, -0.15) is 0 Å². The van der Waals surface area contributed by atoms with Crippen LogP contribution in [0.5, 0.6) is 23.0 Å². The summed E-state index contributed by atoms with van der Waals surface area (Å²) in [7, 11) is 0. The largest absolute Gasteiger partial charge is 0.504 e. The number of nitro groups is 1. The van der Waals surface area contributed by atoms with Gasteiger partial charge in [0.05, 0.1) is 30.2 Å². The fourth-order valence-electron chi connectivity index (χ4n) is 3.64. The molecule has 4 aromatic carbocycles. The molecule has 0 atom stereocenters. The molecule has 11 nitrogen and oxygen atoms in total. The number of phenols is 1. The van der Waals surface area contributed by atoms with Crippen molar-refractivity contribution in [2.45, 2.75) is 20.5 Å². The Morgan fingerprint density at radius 1 is 0.786 bits per heavy atom. The van der Waals surface area contributed by atoms with Gasteiger partial charge in [-0.1, -0.05) is 45.8 Å². The molecule has 0 spiro atoms. The summed E-state index contributed by atoms with van der Waals surface area (Å²) < 4.78 is 5.37. The van der Waals surface area contributed by atoms with Crippen LogP contribution in [0.4, 0.5) is 5.69 Å². The second-order valence-electron chi connectivity index (χ2n) is 8.81. The summed E-state index contributed by atoms with van der Waals surface area (Å²) in [6.07, 6.45) is 4.33. The number of benzene rings is 4. The van der Waals surface area contributed by atoms with Crippen LogP contribution in [0.1, 0.15) is 34.7 Å². The van der Waals surface area contributed by atoms with Crippen molar-refractivity contribution >= 4 is 24.3 Å². The molecule has 0 saturated heterocycles. The average molecular weight is 569 g/mol. The van der Waals surface area contributed by atoms with Crippen molar-refractivity contribution in [1.82, 2.24) is 0 Å². The number of aryl methyl sites for hydroxylation is 1. The van der Waals surface area contributed by atoms with Crippen molar-refractivity contribution < 1.29 is 29.3 Å². The molecule has 11 heteroatoms. The maximum Gasteiger partial charge on any atom is 0.315 e. The quantitative estimate of drug-likeness (QED) is 0.112. The van der Waals surface area contributed by atoms with Crippen molar-refractivity contribution in [2.75, 3.05) is 6.61 Å². The van der Waals surface area contributed by atoms with E-state index in [2.05, 4.69) is 15.5 Å². The molecular formula is C31H28N4O7. The van der Waals surface area contributed by atoms with Gasteiger partial charge in [-0.05, 0) is 79.1 Å². The maximum atomic E-state index is 11.6. The predicted molar refractivity (Wildman–Crippen MR) is 159 cm³/mol. The highest BCUT2D eigenvalue weighted by atomic mass is 16.7. The van der Waals surface area contributed by atoms with Crippen molar-refractivity contribution in [2.24, 2.45) is 15.5 Å². The van der Waals surface area contributed by atoms with Crippen LogP contribution in [0.3, 0.4) is 0 Å². The van der Waals surface area contributed by atoms with Crippen molar-refractivity contribution in [3.05, 3.63) is 123 Å². The molecule has 0 amide bonds. The number of nitro benzene ring substituents is 1. The van der Waals surface area contributed by atoms with Crippen LogP contribution in [0.2, 0.25) is 0 Å². The van der Waals surface area contributed by atoms with E-state index in [1.807, 2.05) is 44.2 Å². The van der Waals surface area contributed by atoms with Gasteiger partial charge in [0.15, 0.2) is 17.2 Å². The molecule has 1 N–H and O–H groups in total. The molecule has 0 unspecified atom stereocenters. The number of hydrogen-bond donors (Lipinski definition) is 1. The highest BCUT2D eigenvalue weighted by molar-refractivity contribution is 5.82. The number of ether oxygens (including phenoxy) is 1. The standard InChI is InChI=1S/C31H28N4O7/c1-3-39-31-17-26(9-12-28(31)36)20-33-41-29-13-10-24(15-22(29)2)19-34-42-30-14-11-25(16-27(30)35(37)38)18-32-40-21-23-7-5-4-6-8-23/h4-20,36H,3,21H2,1-2H3/b32-18+,33-20+,34-19+. The Bertz CT molecular complexity index is 1600. The number of nitrogens with zero attached hydrogens (tertiary/aromatic N) is 4. The zero-order chi connectivity index (χ0) is 29.7. The number of oxime groups is 3. The molecule has 0 aliphatic heterocycles. The Hall–Kier alpha value is -5.71. The van der Waals surface area contributed by atoms with Gasteiger partial charge in [0, 0.05) is 17.2 Å². The highest BCUT2D eigenvalue weighted by Crippen LogP contribution is 2.28. The molecule has 42 heavy (non-hydrogen) atoms. The van der Waals surface area contributed by atoms with Crippen LogP contribution in [0.25, 0.3) is 0 Å². The van der Waals surface area contributed by atoms with E-state index in [9.17, 15) is 15.2 Å². The molecule has 0 saturated carbocycles. The molecule has 0 aliphatic carbocycles. The summed E-state index contributed by atoms with van der Waals surface area (Å²) in [5.41, 5.74) is 3.32. The van der Waals surface area contributed by atoms with Gasteiger partial charge < -0.3 is 24.4 Å². The van der Waals surface area contributed by atoms with Gasteiger partial charge in [-0.15, -0.1) is 0 Å². The predicted octanol–water partition coefficient (Wildman–Crippen LogP) is 6.38. The van der Waals surface area contributed by atoms with E-state index < -0.39 is 4.92 Å². The lowest BCUT2D eigenvalue weighted by Crippen LogP contribution is -1.96. The van der Waals surface area contributed by atoms with Crippen molar-refractivity contribution in [3.63, 3.8) is 0 Å². The number of aromatic hydroxyl groups is 1. The second-order valence-corrected chi connectivity index (χ2v) is 8.81. The number of rotatable bonds is 13. The lowest BCUT2D eigenvalue weighted by atomic mass is 10.1. The van der Waals surface area contributed by atoms with Crippen molar-refractivity contribution in [1.29, 1.82) is 0 Å². The Kier molecular flexibility index (Phi) is 10.2. The van der Waals surface area contributed by atoms with Crippen LogP contribution >= 0.6 is 0 Å². The molecule has 0 fully saturated rings. The van der Waals surface area contributed by atoms with Gasteiger partial charge in [-0.3, -0.25) is 10.1 Å². The lowest BCUT2D eigenvalue weighted by molar-refractivity contribution is -0.385. The average Bonchev–Trinajstić information content (AvgIpc) is 2.99. The second kappa shape index (κ2) is 14.6. The molecule has 4 aromatic rings. The van der Waals surface area contributed by atoms with E-state index in [1.165, 1.54) is 36.8 Å². The summed E-state index contributed by atoms with van der Waals surface area (Å²) in [5, 5.41) is 33.2. The first-order valence-corrected chi connectivity index (χ1v) is 12.9. The number of phenolic OH excluding ortho intramolecular Hbond substituents is 1. The zero-order valence-electron chi connectivity index (χ0n) is 22.9. The first kappa shape index (κ1) is 29.3. The fourth-order valence-corrected chi connectivity index (χ4v) is 3.64. The summed E-state index contributed by atoms with van der Waals surface area (Å²) in [5.74, 6) is 0.913. The highest BCUT2D eigenvalue weighted by Gasteiger charge is 2.16. The summed E-state index contributed by atoms with van der Waals surface area (Å²) in [6, 6.07) is 24.0. The van der Waals surface area contributed by atoms with Crippen LogP contribution in [0, 0.1) is 17.0 Å². The molecule has 0 bridgehead atoms. The van der Waals surface area contributed by atoms with Gasteiger partial charge >= 0.3 is 5.69 Å². The molecule has 0 aromatic heterocycles. The summed E-state index contributed by atoms with van der Waals surface area (Å²) in [6.45, 7) is 4.38. The van der Waals surface area contributed by atoms with Gasteiger partial charge in [-0.25, -0.2) is 0 Å². The minimum absolute atomic E-state index is 0.0219. The van der Waals surface area contributed by atoms with Gasteiger partial charge in [0.25, 0.3) is 0 Å². The third-order valence-corrected chi connectivity index (χ3v) is 5.72. The Morgan fingerprint density at radius 2 is 1.40 bits per heavy atom.